The van der Waals surface area contributed by atoms with E-state index >= 15 is 0 Å². The minimum Gasteiger partial charge on any atom is -0.461 e. The van der Waals surface area contributed by atoms with Crippen molar-refractivity contribution in [2.45, 2.75) is 39.5 Å². The molecule has 1 fully saturated rings. The van der Waals surface area contributed by atoms with Crippen molar-refractivity contribution in [3.05, 3.63) is 33.7 Å². The van der Waals surface area contributed by atoms with Gasteiger partial charge >= 0.3 is 5.97 Å². The van der Waals surface area contributed by atoms with Gasteiger partial charge in [-0.2, -0.15) is 0 Å². The molecule has 3 rings (SSSR count). The number of rotatable bonds is 4. The summed E-state index contributed by atoms with van der Waals surface area (Å²) in [7, 11) is 0. The Morgan fingerprint density at radius 3 is 2.79 bits per heavy atom. The van der Waals surface area contributed by atoms with Gasteiger partial charge in [0.25, 0.3) is 0 Å². The number of thiazole rings is 1. The summed E-state index contributed by atoms with van der Waals surface area (Å²) in [5.41, 5.74) is 2.34. The number of aryl methyl sites for hydroxylation is 2. The molecule has 6 nitrogen and oxygen atoms in total. The molecule has 2 aromatic rings. The number of aromatic nitrogens is 3. The SMILES string of the molecule is CCOC(=O)c1csc(C2CCN(c3nc(C)cnc3C)CC2)n1. The Balaban J connectivity index is 1.65. The van der Waals surface area contributed by atoms with Crippen molar-refractivity contribution in [2.24, 2.45) is 0 Å². The second-order valence-electron chi connectivity index (χ2n) is 5.97. The lowest BCUT2D eigenvalue weighted by Gasteiger charge is -2.32. The van der Waals surface area contributed by atoms with Gasteiger partial charge in [-0.1, -0.05) is 0 Å². The average Bonchev–Trinajstić information content (AvgIpc) is 3.08. The average molecular weight is 346 g/mol. The van der Waals surface area contributed by atoms with Crippen LogP contribution in [0.4, 0.5) is 5.82 Å². The van der Waals surface area contributed by atoms with Gasteiger partial charge in [-0.05, 0) is 33.6 Å². The Kier molecular flexibility index (Phi) is 5.08. The first kappa shape index (κ1) is 16.8. The summed E-state index contributed by atoms with van der Waals surface area (Å²) in [6.07, 6.45) is 3.81. The molecule has 0 atom stereocenters. The molecule has 2 aromatic heterocycles. The fourth-order valence-electron chi connectivity index (χ4n) is 2.94. The molecule has 0 aromatic carbocycles. The van der Waals surface area contributed by atoms with Gasteiger partial charge in [-0.15, -0.1) is 11.3 Å². The van der Waals surface area contributed by atoms with Crippen LogP contribution in [0.25, 0.3) is 0 Å². The van der Waals surface area contributed by atoms with E-state index in [9.17, 15) is 4.79 Å². The standard InChI is InChI=1S/C17H22N4O2S/c1-4-23-17(22)14-10-24-16(20-14)13-5-7-21(8-6-13)15-12(3)18-9-11(2)19-15/h9-10,13H,4-8H2,1-3H3. The summed E-state index contributed by atoms with van der Waals surface area (Å²) in [5, 5.41) is 2.83. The zero-order valence-electron chi connectivity index (χ0n) is 14.3. The van der Waals surface area contributed by atoms with E-state index in [2.05, 4.69) is 19.9 Å². The molecule has 0 bridgehead atoms. The number of anilines is 1. The second kappa shape index (κ2) is 7.25. The van der Waals surface area contributed by atoms with Crippen molar-refractivity contribution in [3.63, 3.8) is 0 Å². The molecule has 0 aliphatic carbocycles. The Hall–Kier alpha value is -2.02. The third kappa shape index (κ3) is 3.56. The van der Waals surface area contributed by atoms with Crippen LogP contribution in [0.2, 0.25) is 0 Å². The number of ether oxygens (including phenoxy) is 1. The number of carbonyl (C=O) groups is 1. The summed E-state index contributed by atoms with van der Waals surface area (Å²) in [4.78, 5) is 27.6. The lowest BCUT2D eigenvalue weighted by Crippen LogP contribution is -2.34. The summed E-state index contributed by atoms with van der Waals surface area (Å²) < 4.78 is 5.01. The number of esters is 1. The van der Waals surface area contributed by atoms with E-state index < -0.39 is 0 Å². The quantitative estimate of drug-likeness (QED) is 0.793. The molecule has 24 heavy (non-hydrogen) atoms. The predicted octanol–water partition coefficient (Wildman–Crippen LogP) is 3.11. The minimum absolute atomic E-state index is 0.330. The van der Waals surface area contributed by atoms with Crippen molar-refractivity contribution >= 4 is 23.1 Å². The van der Waals surface area contributed by atoms with Crippen molar-refractivity contribution in [2.75, 3.05) is 24.6 Å². The van der Waals surface area contributed by atoms with E-state index in [0.29, 0.717) is 18.2 Å². The van der Waals surface area contributed by atoms with Crippen molar-refractivity contribution in [3.8, 4) is 0 Å². The smallest absolute Gasteiger partial charge is 0.357 e. The highest BCUT2D eigenvalue weighted by Crippen LogP contribution is 2.32. The number of carbonyl (C=O) groups excluding carboxylic acids is 1. The van der Waals surface area contributed by atoms with Gasteiger partial charge in [0.15, 0.2) is 5.69 Å². The van der Waals surface area contributed by atoms with Crippen molar-refractivity contribution in [1.29, 1.82) is 0 Å². The van der Waals surface area contributed by atoms with Gasteiger partial charge in [-0.25, -0.2) is 14.8 Å². The Bertz CT molecular complexity index is 723. The van der Waals surface area contributed by atoms with E-state index in [1.807, 2.05) is 13.8 Å². The van der Waals surface area contributed by atoms with Crippen LogP contribution in [0, 0.1) is 13.8 Å². The van der Waals surface area contributed by atoms with Crippen LogP contribution in [0.15, 0.2) is 11.6 Å². The molecule has 0 amide bonds. The molecule has 1 aliphatic rings. The summed E-state index contributed by atoms with van der Waals surface area (Å²) in [6, 6.07) is 0. The van der Waals surface area contributed by atoms with E-state index in [0.717, 1.165) is 48.1 Å². The molecule has 7 heteroatoms. The third-order valence-electron chi connectivity index (χ3n) is 4.20. The number of hydrogen-bond acceptors (Lipinski definition) is 7. The molecular formula is C17H22N4O2S. The lowest BCUT2D eigenvalue weighted by molar-refractivity contribution is 0.0520. The van der Waals surface area contributed by atoms with Crippen LogP contribution < -0.4 is 4.90 Å². The summed E-state index contributed by atoms with van der Waals surface area (Å²) >= 11 is 1.55. The van der Waals surface area contributed by atoms with Crippen LogP contribution in [0.1, 0.15) is 52.6 Å². The maximum absolute atomic E-state index is 11.7. The number of hydrogen-bond donors (Lipinski definition) is 0. The topological polar surface area (TPSA) is 68.2 Å². The zero-order valence-corrected chi connectivity index (χ0v) is 15.1. The van der Waals surface area contributed by atoms with Gasteiger partial charge in [0.1, 0.15) is 5.82 Å². The Labute approximate surface area is 145 Å². The van der Waals surface area contributed by atoms with Crippen LogP contribution >= 0.6 is 11.3 Å². The third-order valence-corrected chi connectivity index (χ3v) is 5.21. The van der Waals surface area contributed by atoms with Crippen molar-refractivity contribution < 1.29 is 9.53 Å². The minimum atomic E-state index is -0.330. The highest BCUT2D eigenvalue weighted by molar-refractivity contribution is 7.09. The van der Waals surface area contributed by atoms with Gasteiger partial charge < -0.3 is 9.64 Å². The van der Waals surface area contributed by atoms with Crippen LogP contribution in [-0.2, 0) is 4.74 Å². The first-order valence-electron chi connectivity index (χ1n) is 8.26. The Morgan fingerprint density at radius 2 is 2.08 bits per heavy atom. The highest BCUT2D eigenvalue weighted by Gasteiger charge is 2.25. The summed E-state index contributed by atoms with van der Waals surface area (Å²) in [6.45, 7) is 8.00. The molecule has 1 saturated heterocycles. The van der Waals surface area contributed by atoms with Crippen LogP contribution in [0.3, 0.4) is 0 Å². The molecule has 0 spiro atoms. The molecule has 0 saturated carbocycles. The first-order chi connectivity index (χ1) is 11.6. The second-order valence-corrected chi connectivity index (χ2v) is 6.86. The van der Waals surface area contributed by atoms with E-state index in [1.165, 1.54) is 0 Å². The van der Waals surface area contributed by atoms with Gasteiger partial charge in [-0.3, -0.25) is 4.98 Å². The summed E-state index contributed by atoms with van der Waals surface area (Å²) in [5.74, 6) is 1.05. The zero-order chi connectivity index (χ0) is 17.1. The molecule has 0 unspecified atom stereocenters. The number of nitrogens with zero attached hydrogens (tertiary/aromatic N) is 4. The van der Waals surface area contributed by atoms with E-state index in [1.54, 1.807) is 29.8 Å². The van der Waals surface area contributed by atoms with Gasteiger partial charge in [0, 0.05) is 30.6 Å². The predicted molar refractivity (Wildman–Crippen MR) is 93.8 cm³/mol. The van der Waals surface area contributed by atoms with Crippen LogP contribution in [0.5, 0.6) is 0 Å². The molecule has 0 N–H and O–H groups in total. The maximum atomic E-state index is 11.7. The lowest BCUT2D eigenvalue weighted by atomic mass is 9.97. The van der Waals surface area contributed by atoms with Crippen LogP contribution in [-0.4, -0.2) is 40.6 Å². The van der Waals surface area contributed by atoms with Gasteiger partial charge in [0.2, 0.25) is 0 Å². The normalized spacial score (nSPS) is 15.5. The van der Waals surface area contributed by atoms with Gasteiger partial charge in [0.05, 0.1) is 23.0 Å². The fourth-order valence-corrected chi connectivity index (χ4v) is 3.90. The first-order valence-corrected chi connectivity index (χ1v) is 9.14. The molecule has 128 valence electrons. The Morgan fingerprint density at radius 1 is 1.33 bits per heavy atom. The fraction of sp³-hybridized carbons (Fsp3) is 0.529. The molecule has 1 aliphatic heterocycles. The maximum Gasteiger partial charge on any atom is 0.357 e. The molecule has 0 radical (unpaired) electrons. The number of piperidine rings is 1. The van der Waals surface area contributed by atoms with Crippen molar-refractivity contribution in [1.82, 2.24) is 15.0 Å². The largest absolute Gasteiger partial charge is 0.461 e. The monoisotopic (exact) mass is 346 g/mol. The molecular weight excluding hydrogens is 324 g/mol. The van der Waals surface area contributed by atoms with E-state index in [4.69, 9.17) is 4.74 Å². The molecule has 3 heterocycles. The van der Waals surface area contributed by atoms with E-state index in [-0.39, 0.29) is 5.97 Å². The highest BCUT2D eigenvalue weighted by atomic mass is 32.1.